The van der Waals surface area contributed by atoms with E-state index in [-0.39, 0.29) is 0 Å². The molecule has 1 aromatic carbocycles. The summed E-state index contributed by atoms with van der Waals surface area (Å²) < 4.78 is 0. The number of hydrogen-bond donors (Lipinski definition) is 1. The van der Waals surface area contributed by atoms with Gasteiger partial charge in [0.1, 0.15) is 11.9 Å². The lowest BCUT2D eigenvalue weighted by atomic mass is 9.88. The Bertz CT molecular complexity index is 713. The Hall–Kier alpha value is -2.34. The van der Waals surface area contributed by atoms with Gasteiger partial charge in [-0.3, -0.25) is 0 Å². The number of aryl methyl sites for hydroxylation is 3. The number of benzene rings is 1. The second-order valence-electron chi connectivity index (χ2n) is 5.77. The van der Waals surface area contributed by atoms with Crippen LogP contribution in [0.4, 0.5) is 5.82 Å². The zero-order valence-electron chi connectivity index (χ0n) is 12.5. The third-order valence-corrected chi connectivity index (χ3v) is 4.14. The molecule has 3 heteroatoms. The van der Waals surface area contributed by atoms with Crippen molar-refractivity contribution in [1.29, 1.82) is 5.26 Å². The van der Waals surface area contributed by atoms with Gasteiger partial charge in [0.15, 0.2) is 0 Å². The first-order valence-corrected chi connectivity index (χ1v) is 7.39. The van der Waals surface area contributed by atoms with E-state index in [1.807, 2.05) is 19.9 Å². The molecular formula is C18H19N3. The monoisotopic (exact) mass is 277 g/mol. The summed E-state index contributed by atoms with van der Waals surface area (Å²) in [5, 5.41) is 12.8. The predicted molar refractivity (Wildman–Crippen MR) is 84.3 cm³/mol. The summed E-state index contributed by atoms with van der Waals surface area (Å²) in [6.45, 7) is 3.93. The number of hydrogen-bond acceptors (Lipinski definition) is 3. The van der Waals surface area contributed by atoms with Gasteiger partial charge in [0, 0.05) is 11.7 Å². The number of rotatable bonds is 2. The zero-order chi connectivity index (χ0) is 14.8. The number of pyridine rings is 1. The highest BCUT2D eigenvalue weighted by Gasteiger charge is 2.20. The van der Waals surface area contributed by atoms with Crippen LogP contribution in [-0.2, 0) is 12.8 Å². The summed E-state index contributed by atoms with van der Waals surface area (Å²) in [7, 11) is 0. The molecular weight excluding hydrogens is 258 g/mol. The molecule has 1 aromatic heterocycles. The third kappa shape index (κ3) is 2.75. The van der Waals surface area contributed by atoms with Gasteiger partial charge in [-0.15, -0.1) is 0 Å². The van der Waals surface area contributed by atoms with Crippen LogP contribution in [0.5, 0.6) is 0 Å². The molecule has 1 N–H and O–H groups in total. The van der Waals surface area contributed by atoms with E-state index in [0.717, 1.165) is 36.3 Å². The van der Waals surface area contributed by atoms with Gasteiger partial charge in [0.05, 0.1) is 5.56 Å². The van der Waals surface area contributed by atoms with Crippen molar-refractivity contribution in [2.24, 2.45) is 0 Å². The number of nitrogens with one attached hydrogen (secondary N) is 1. The van der Waals surface area contributed by atoms with Crippen molar-refractivity contribution >= 4 is 5.82 Å². The molecule has 0 saturated heterocycles. The summed E-state index contributed by atoms with van der Waals surface area (Å²) in [6, 6.07) is 13.2. The van der Waals surface area contributed by atoms with Gasteiger partial charge in [0.2, 0.25) is 0 Å². The quantitative estimate of drug-likeness (QED) is 0.913. The van der Waals surface area contributed by atoms with Gasteiger partial charge < -0.3 is 5.32 Å². The molecule has 2 aromatic rings. The van der Waals surface area contributed by atoms with Crippen molar-refractivity contribution < 1.29 is 0 Å². The Labute approximate surface area is 125 Å². The van der Waals surface area contributed by atoms with E-state index in [9.17, 15) is 5.26 Å². The van der Waals surface area contributed by atoms with Crippen molar-refractivity contribution in [2.45, 2.75) is 39.2 Å². The van der Waals surface area contributed by atoms with Crippen LogP contribution in [-0.4, -0.2) is 11.0 Å². The lowest BCUT2D eigenvalue weighted by molar-refractivity contribution is 0.608. The lowest BCUT2D eigenvalue weighted by Crippen LogP contribution is -2.28. The van der Waals surface area contributed by atoms with Gasteiger partial charge in [-0.2, -0.15) is 5.26 Å². The Morgan fingerprint density at radius 1 is 1.24 bits per heavy atom. The second kappa shape index (κ2) is 5.57. The lowest BCUT2D eigenvalue weighted by Gasteiger charge is -2.26. The van der Waals surface area contributed by atoms with E-state index in [4.69, 9.17) is 0 Å². The SMILES string of the molecule is Cc1cc(C)c(C#N)c(NC2CCc3ccccc3C2)n1. The molecule has 3 nitrogen and oxygen atoms in total. The van der Waals surface area contributed by atoms with E-state index in [2.05, 4.69) is 40.6 Å². The Morgan fingerprint density at radius 3 is 2.76 bits per heavy atom. The molecule has 106 valence electrons. The maximum Gasteiger partial charge on any atom is 0.144 e. The number of nitrogens with zero attached hydrogens (tertiary/aromatic N) is 2. The zero-order valence-corrected chi connectivity index (χ0v) is 12.5. The van der Waals surface area contributed by atoms with Gasteiger partial charge in [-0.05, 0) is 55.9 Å². The highest BCUT2D eigenvalue weighted by Crippen LogP contribution is 2.25. The van der Waals surface area contributed by atoms with Crippen LogP contribution >= 0.6 is 0 Å². The van der Waals surface area contributed by atoms with Crippen molar-refractivity contribution in [3.05, 3.63) is 58.3 Å². The van der Waals surface area contributed by atoms with Crippen LogP contribution in [0.2, 0.25) is 0 Å². The van der Waals surface area contributed by atoms with Crippen molar-refractivity contribution in [2.75, 3.05) is 5.32 Å². The fourth-order valence-electron chi connectivity index (χ4n) is 3.10. The van der Waals surface area contributed by atoms with E-state index in [1.165, 1.54) is 11.1 Å². The minimum Gasteiger partial charge on any atom is -0.366 e. The summed E-state index contributed by atoms with van der Waals surface area (Å²) in [5.74, 6) is 0.736. The number of aromatic nitrogens is 1. The van der Waals surface area contributed by atoms with Gasteiger partial charge in [-0.25, -0.2) is 4.98 Å². The molecule has 0 amide bonds. The molecule has 0 saturated carbocycles. The van der Waals surface area contributed by atoms with Crippen molar-refractivity contribution in [3.8, 4) is 6.07 Å². The first kappa shape index (κ1) is 13.6. The molecule has 1 heterocycles. The van der Waals surface area contributed by atoms with Crippen LogP contribution in [0.3, 0.4) is 0 Å². The van der Waals surface area contributed by atoms with Gasteiger partial charge >= 0.3 is 0 Å². The molecule has 0 aliphatic heterocycles. The fraction of sp³-hybridized carbons (Fsp3) is 0.333. The summed E-state index contributed by atoms with van der Waals surface area (Å²) in [5.41, 5.74) is 5.46. The molecule has 1 atom stereocenters. The maximum atomic E-state index is 9.35. The molecule has 0 bridgehead atoms. The third-order valence-electron chi connectivity index (χ3n) is 4.14. The molecule has 1 unspecified atom stereocenters. The molecule has 3 rings (SSSR count). The predicted octanol–water partition coefficient (Wildman–Crippen LogP) is 3.54. The smallest absolute Gasteiger partial charge is 0.144 e. The van der Waals surface area contributed by atoms with Crippen LogP contribution in [0.1, 0.15) is 34.4 Å². The fourth-order valence-corrected chi connectivity index (χ4v) is 3.10. The second-order valence-corrected chi connectivity index (χ2v) is 5.77. The summed E-state index contributed by atoms with van der Waals surface area (Å²) in [6.07, 6.45) is 3.16. The van der Waals surface area contributed by atoms with Crippen LogP contribution < -0.4 is 5.32 Å². The van der Waals surface area contributed by atoms with E-state index >= 15 is 0 Å². The largest absolute Gasteiger partial charge is 0.366 e. The highest BCUT2D eigenvalue weighted by atomic mass is 15.0. The van der Waals surface area contributed by atoms with Crippen LogP contribution in [0.15, 0.2) is 30.3 Å². The van der Waals surface area contributed by atoms with E-state index < -0.39 is 0 Å². The normalized spacial score (nSPS) is 16.9. The summed E-state index contributed by atoms with van der Waals surface area (Å²) >= 11 is 0. The molecule has 0 spiro atoms. The minimum atomic E-state index is 0.348. The minimum absolute atomic E-state index is 0.348. The number of nitriles is 1. The maximum absolute atomic E-state index is 9.35. The van der Waals surface area contributed by atoms with Gasteiger partial charge in [-0.1, -0.05) is 24.3 Å². The standard InChI is InChI=1S/C18H19N3/c1-12-9-13(2)20-18(17(12)11-19)21-16-8-7-14-5-3-4-6-15(14)10-16/h3-6,9,16H,7-8,10H2,1-2H3,(H,20,21). The topological polar surface area (TPSA) is 48.7 Å². The van der Waals surface area contributed by atoms with E-state index in [0.29, 0.717) is 11.6 Å². The molecule has 21 heavy (non-hydrogen) atoms. The number of fused-ring (bicyclic) bond motifs is 1. The van der Waals surface area contributed by atoms with Crippen molar-refractivity contribution in [1.82, 2.24) is 4.98 Å². The average Bonchev–Trinajstić information content (AvgIpc) is 2.47. The molecule has 0 radical (unpaired) electrons. The first-order chi connectivity index (χ1) is 10.2. The van der Waals surface area contributed by atoms with Crippen LogP contribution in [0.25, 0.3) is 0 Å². The van der Waals surface area contributed by atoms with Gasteiger partial charge in [0.25, 0.3) is 0 Å². The molecule has 1 aliphatic rings. The first-order valence-electron chi connectivity index (χ1n) is 7.39. The van der Waals surface area contributed by atoms with E-state index in [1.54, 1.807) is 0 Å². The van der Waals surface area contributed by atoms with Crippen LogP contribution in [0, 0.1) is 25.2 Å². The highest BCUT2D eigenvalue weighted by molar-refractivity contribution is 5.57. The Kier molecular flexibility index (Phi) is 3.62. The summed E-state index contributed by atoms with van der Waals surface area (Å²) in [4.78, 5) is 4.52. The molecule has 0 fully saturated rings. The number of anilines is 1. The average molecular weight is 277 g/mol. The Morgan fingerprint density at radius 2 is 2.00 bits per heavy atom. The van der Waals surface area contributed by atoms with Crippen molar-refractivity contribution in [3.63, 3.8) is 0 Å². The molecule has 1 aliphatic carbocycles. The Balaban J connectivity index is 1.84.